The summed E-state index contributed by atoms with van der Waals surface area (Å²) in [6, 6.07) is 4.99. The predicted molar refractivity (Wildman–Crippen MR) is 61.8 cm³/mol. The van der Waals surface area contributed by atoms with Gasteiger partial charge in [-0.1, -0.05) is 13.8 Å². The molecular formula is C12H14N2O3. The number of nitriles is 1. The molecule has 0 spiro atoms. The predicted octanol–water partition coefficient (Wildman–Crippen LogP) is 1.32. The monoisotopic (exact) mass is 234 g/mol. The molecule has 0 aromatic carbocycles. The van der Waals surface area contributed by atoms with Crippen LogP contribution in [0.15, 0.2) is 16.9 Å². The number of hydrogen-bond acceptors (Lipinski definition) is 3. The lowest BCUT2D eigenvalue weighted by Gasteiger charge is -2.14. The van der Waals surface area contributed by atoms with Gasteiger partial charge in [-0.2, -0.15) is 5.26 Å². The maximum atomic E-state index is 11.9. The summed E-state index contributed by atoms with van der Waals surface area (Å²) in [5.41, 5.74) is 0.370. The fourth-order valence-corrected chi connectivity index (χ4v) is 1.62. The summed E-state index contributed by atoms with van der Waals surface area (Å²) < 4.78 is 1.37. The number of pyridine rings is 1. The zero-order valence-electron chi connectivity index (χ0n) is 9.80. The molecule has 0 radical (unpaired) electrons. The summed E-state index contributed by atoms with van der Waals surface area (Å²) in [5.74, 6) is -0.863. The number of hydrogen-bond donors (Lipinski definition) is 1. The Kier molecular flexibility index (Phi) is 4.05. The highest BCUT2D eigenvalue weighted by Gasteiger charge is 2.12. The Bertz CT molecular complexity index is 524. The van der Waals surface area contributed by atoms with E-state index in [2.05, 4.69) is 0 Å². The molecule has 0 unspecified atom stereocenters. The van der Waals surface area contributed by atoms with Crippen molar-refractivity contribution in [2.75, 3.05) is 0 Å². The summed E-state index contributed by atoms with van der Waals surface area (Å²) in [5, 5.41) is 17.4. The molecule has 5 heteroatoms. The molecule has 1 aromatic heterocycles. The van der Waals surface area contributed by atoms with Gasteiger partial charge in [0.1, 0.15) is 11.6 Å². The van der Waals surface area contributed by atoms with Gasteiger partial charge in [0.05, 0.1) is 6.42 Å². The Balaban J connectivity index is 3.26. The van der Waals surface area contributed by atoms with Crippen LogP contribution in [0.2, 0.25) is 0 Å². The van der Waals surface area contributed by atoms with Crippen molar-refractivity contribution in [1.29, 1.82) is 5.26 Å². The minimum atomic E-state index is -0.964. The van der Waals surface area contributed by atoms with Gasteiger partial charge in [-0.3, -0.25) is 9.59 Å². The molecule has 0 saturated carbocycles. The highest BCUT2D eigenvalue weighted by atomic mass is 16.4. The Morgan fingerprint density at radius 1 is 1.53 bits per heavy atom. The third kappa shape index (κ3) is 2.94. The number of aliphatic carboxylic acids is 1. The van der Waals surface area contributed by atoms with Crippen LogP contribution in [0.3, 0.4) is 0 Å². The van der Waals surface area contributed by atoms with Gasteiger partial charge in [-0.05, 0) is 18.1 Å². The zero-order chi connectivity index (χ0) is 13.0. The molecule has 0 fully saturated rings. The lowest BCUT2D eigenvalue weighted by molar-refractivity contribution is -0.137. The SMILES string of the molecule is CC(C)c1ccc(C#N)c(=O)n1CCC(=O)O. The first-order chi connectivity index (χ1) is 7.97. The van der Waals surface area contributed by atoms with Gasteiger partial charge < -0.3 is 9.67 Å². The van der Waals surface area contributed by atoms with Crippen LogP contribution in [0, 0.1) is 11.3 Å². The van der Waals surface area contributed by atoms with E-state index in [4.69, 9.17) is 10.4 Å². The quantitative estimate of drug-likeness (QED) is 0.851. The van der Waals surface area contributed by atoms with Crippen LogP contribution >= 0.6 is 0 Å². The van der Waals surface area contributed by atoms with Crippen LogP contribution in [-0.4, -0.2) is 15.6 Å². The molecule has 0 saturated heterocycles. The summed E-state index contributed by atoms with van der Waals surface area (Å²) in [6.45, 7) is 3.92. The topological polar surface area (TPSA) is 83.1 Å². The second-order valence-electron chi connectivity index (χ2n) is 4.04. The highest BCUT2D eigenvalue weighted by molar-refractivity contribution is 5.66. The van der Waals surface area contributed by atoms with Crippen molar-refractivity contribution in [1.82, 2.24) is 4.57 Å². The van der Waals surface area contributed by atoms with Crippen LogP contribution in [0.25, 0.3) is 0 Å². The van der Waals surface area contributed by atoms with Crippen LogP contribution in [0.1, 0.15) is 37.4 Å². The summed E-state index contributed by atoms with van der Waals surface area (Å²) in [7, 11) is 0. The normalized spacial score (nSPS) is 10.2. The van der Waals surface area contributed by atoms with Crippen molar-refractivity contribution in [3.8, 4) is 6.07 Å². The van der Waals surface area contributed by atoms with E-state index in [9.17, 15) is 9.59 Å². The van der Waals surface area contributed by atoms with E-state index in [1.165, 1.54) is 10.6 Å². The van der Waals surface area contributed by atoms with Gasteiger partial charge >= 0.3 is 5.97 Å². The molecule has 0 bridgehead atoms. The first kappa shape index (κ1) is 13.0. The molecule has 0 aliphatic heterocycles. The largest absolute Gasteiger partial charge is 0.481 e. The van der Waals surface area contributed by atoms with E-state index in [1.54, 1.807) is 6.07 Å². The smallest absolute Gasteiger partial charge is 0.305 e. The standard InChI is InChI=1S/C12H14N2O3/c1-8(2)10-4-3-9(7-13)12(17)14(10)6-5-11(15)16/h3-4,8H,5-6H2,1-2H3,(H,15,16). The number of carboxylic acid groups (broad SMARTS) is 1. The Hall–Kier alpha value is -2.09. The molecule has 1 aromatic rings. The van der Waals surface area contributed by atoms with Crippen LogP contribution in [0.4, 0.5) is 0 Å². The van der Waals surface area contributed by atoms with E-state index < -0.39 is 11.5 Å². The van der Waals surface area contributed by atoms with Gasteiger partial charge in [0.15, 0.2) is 0 Å². The molecule has 5 nitrogen and oxygen atoms in total. The summed E-state index contributed by atoms with van der Waals surface area (Å²) >= 11 is 0. The van der Waals surface area contributed by atoms with E-state index in [-0.39, 0.29) is 24.4 Å². The fraction of sp³-hybridized carbons (Fsp3) is 0.417. The van der Waals surface area contributed by atoms with Gasteiger partial charge in [0, 0.05) is 12.2 Å². The average Bonchev–Trinajstić information content (AvgIpc) is 2.26. The Labute approximate surface area is 98.9 Å². The third-order valence-corrected chi connectivity index (χ3v) is 2.47. The van der Waals surface area contributed by atoms with Crippen molar-refractivity contribution in [2.24, 2.45) is 0 Å². The second-order valence-corrected chi connectivity index (χ2v) is 4.04. The Morgan fingerprint density at radius 3 is 2.65 bits per heavy atom. The molecule has 0 aliphatic carbocycles. The van der Waals surface area contributed by atoms with Gasteiger partial charge in [-0.15, -0.1) is 0 Å². The number of rotatable bonds is 4. The number of nitrogens with zero attached hydrogens (tertiary/aromatic N) is 2. The van der Waals surface area contributed by atoms with Gasteiger partial charge in [0.25, 0.3) is 5.56 Å². The maximum Gasteiger partial charge on any atom is 0.305 e. The summed E-state index contributed by atoms with van der Waals surface area (Å²) in [4.78, 5) is 22.4. The van der Waals surface area contributed by atoms with E-state index in [1.807, 2.05) is 19.9 Å². The number of carboxylic acids is 1. The van der Waals surface area contributed by atoms with Crippen LogP contribution < -0.4 is 5.56 Å². The molecule has 1 rings (SSSR count). The van der Waals surface area contributed by atoms with Crippen molar-refractivity contribution in [2.45, 2.75) is 32.7 Å². The summed E-state index contributed by atoms with van der Waals surface area (Å²) in [6.07, 6.45) is -0.130. The first-order valence-corrected chi connectivity index (χ1v) is 5.33. The minimum Gasteiger partial charge on any atom is -0.481 e. The van der Waals surface area contributed by atoms with Gasteiger partial charge in [0.2, 0.25) is 0 Å². The van der Waals surface area contributed by atoms with E-state index >= 15 is 0 Å². The first-order valence-electron chi connectivity index (χ1n) is 5.33. The van der Waals surface area contributed by atoms with Gasteiger partial charge in [-0.25, -0.2) is 0 Å². The fourth-order valence-electron chi connectivity index (χ4n) is 1.62. The Morgan fingerprint density at radius 2 is 2.18 bits per heavy atom. The number of aromatic nitrogens is 1. The van der Waals surface area contributed by atoms with Crippen molar-refractivity contribution >= 4 is 5.97 Å². The molecule has 17 heavy (non-hydrogen) atoms. The molecule has 90 valence electrons. The average molecular weight is 234 g/mol. The highest BCUT2D eigenvalue weighted by Crippen LogP contribution is 2.13. The van der Waals surface area contributed by atoms with E-state index in [0.717, 1.165) is 5.69 Å². The third-order valence-electron chi connectivity index (χ3n) is 2.47. The van der Waals surface area contributed by atoms with Crippen molar-refractivity contribution < 1.29 is 9.90 Å². The lowest BCUT2D eigenvalue weighted by atomic mass is 10.1. The van der Waals surface area contributed by atoms with Crippen molar-refractivity contribution in [3.63, 3.8) is 0 Å². The molecule has 0 atom stereocenters. The maximum absolute atomic E-state index is 11.9. The van der Waals surface area contributed by atoms with Crippen LogP contribution in [0.5, 0.6) is 0 Å². The molecule has 1 heterocycles. The lowest BCUT2D eigenvalue weighted by Crippen LogP contribution is -2.27. The van der Waals surface area contributed by atoms with Crippen molar-refractivity contribution in [3.05, 3.63) is 33.7 Å². The molecule has 0 amide bonds. The second kappa shape index (κ2) is 5.30. The van der Waals surface area contributed by atoms with Crippen LogP contribution in [-0.2, 0) is 11.3 Å². The molecule has 0 aliphatic rings. The minimum absolute atomic E-state index is 0.0415. The molecule has 1 N–H and O–H groups in total. The number of carbonyl (C=O) groups is 1. The van der Waals surface area contributed by atoms with E-state index in [0.29, 0.717) is 0 Å². The molecular weight excluding hydrogens is 220 g/mol. The zero-order valence-corrected chi connectivity index (χ0v) is 9.80.